The van der Waals surface area contributed by atoms with Gasteiger partial charge in [-0.05, 0) is 27.7 Å². The fraction of sp³-hybridized carbons (Fsp3) is 0.500. The van der Waals surface area contributed by atoms with Gasteiger partial charge >= 0.3 is 0 Å². The van der Waals surface area contributed by atoms with E-state index < -0.39 is 39.4 Å². The van der Waals surface area contributed by atoms with E-state index in [1.165, 1.54) is 10.4 Å². The Bertz CT molecular complexity index is 754. The highest BCUT2D eigenvalue weighted by Gasteiger charge is 2.53. The van der Waals surface area contributed by atoms with E-state index in [-0.39, 0.29) is 0 Å². The summed E-state index contributed by atoms with van der Waals surface area (Å²) in [6.07, 6.45) is 0. The van der Waals surface area contributed by atoms with Crippen LogP contribution >= 0.6 is 21.6 Å². The highest BCUT2D eigenvalue weighted by atomic mass is 33.1. The predicted octanol–water partition coefficient (Wildman–Crippen LogP) is 2.81. The molecule has 0 spiro atoms. The third-order valence-corrected chi connectivity index (χ3v) is 18.1. The van der Waals surface area contributed by atoms with Crippen LogP contribution in [0.15, 0.2) is 60.7 Å². The van der Waals surface area contributed by atoms with Crippen molar-refractivity contribution in [2.75, 3.05) is 28.4 Å². The predicted molar refractivity (Wildman–Crippen MR) is 146 cm³/mol. The normalized spacial score (nSPS) is 17.1. The van der Waals surface area contributed by atoms with Crippen molar-refractivity contribution in [1.82, 2.24) is 0 Å². The average molecular weight is 511 g/mol. The lowest BCUT2D eigenvalue weighted by atomic mass is 10.1. The van der Waals surface area contributed by atoms with Gasteiger partial charge in [-0.1, -0.05) is 92.6 Å². The first-order valence-corrected chi connectivity index (χ1v) is 15.7. The van der Waals surface area contributed by atoms with Gasteiger partial charge in [-0.15, -0.1) is 0 Å². The Morgan fingerprint density at radius 2 is 0.844 bits per heavy atom. The SMILES string of the molecule is COC(C)(C)C(OC)([SiH2]c1ccccc1)SSC(OC)([SiH2]c1ccccc1)C(C)(C)OC. The first kappa shape index (κ1) is 27.7. The van der Waals surface area contributed by atoms with Crippen molar-refractivity contribution in [3.05, 3.63) is 60.7 Å². The van der Waals surface area contributed by atoms with E-state index in [2.05, 4.69) is 88.4 Å². The van der Waals surface area contributed by atoms with Gasteiger partial charge in [-0.3, -0.25) is 0 Å². The highest BCUT2D eigenvalue weighted by molar-refractivity contribution is 8.78. The van der Waals surface area contributed by atoms with Crippen LogP contribution in [0.4, 0.5) is 0 Å². The lowest BCUT2D eigenvalue weighted by Crippen LogP contribution is -2.60. The van der Waals surface area contributed by atoms with Gasteiger partial charge in [-0.25, -0.2) is 0 Å². The van der Waals surface area contributed by atoms with E-state index in [4.69, 9.17) is 18.9 Å². The van der Waals surface area contributed by atoms with E-state index in [1.807, 2.05) is 0 Å². The minimum absolute atomic E-state index is 0.494. The van der Waals surface area contributed by atoms with Crippen LogP contribution in [0.3, 0.4) is 0 Å². The van der Waals surface area contributed by atoms with Gasteiger partial charge in [0.1, 0.15) is 28.2 Å². The standard InChI is InChI=1S/C24H38O4S2Si2/c1-21(2,25-5)23(27-7,31-19-15-11-9-12-16-19)29-30-24(28-8,22(3,4)26-6)32-20-17-13-10-14-18-20/h9-18H,31-32H2,1-8H3. The smallest absolute Gasteiger partial charge is 0.136 e. The van der Waals surface area contributed by atoms with E-state index >= 15 is 0 Å². The molecule has 0 amide bonds. The van der Waals surface area contributed by atoms with Crippen LogP contribution in [0.5, 0.6) is 0 Å². The van der Waals surface area contributed by atoms with Crippen molar-refractivity contribution in [1.29, 1.82) is 0 Å². The number of hydrogen-bond donors (Lipinski definition) is 0. The molecule has 0 radical (unpaired) electrons. The molecule has 8 heteroatoms. The van der Waals surface area contributed by atoms with Gasteiger partial charge in [-0.2, -0.15) is 0 Å². The molecular formula is C24H38O4S2Si2. The third kappa shape index (κ3) is 6.10. The number of methoxy groups -OCH3 is 4. The van der Waals surface area contributed by atoms with Crippen LogP contribution in [0.2, 0.25) is 0 Å². The topological polar surface area (TPSA) is 36.9 Å². The molecule has 0 fully saturated rings. The number of rotatable bonds is 13. The summed E-state index contributed by atoms with van der Waals surface area (Å²) in [4.78, 5) is 0. The second-order valence-electron chi connectivity index (χ2n) is 8.83. The molecule has 2 unspecified atom stereocenters. The number of benzene rings is 2. The molecule has 0 bridgehead atoms. The summed E-state index contributed by atoms with van der Waals surface area (Å²) in [5, 5.41) is 2.67. The molecule has 0 aliphatic rings. The zero-order valence-corrected chi connectivity index (χ0v) is 25.1. The quantitative estimate of drug-likeness (QED) is 0.234. The Morgan fingerprint density at radius 1 is 0.531 bits per heavy atom. The van der Waals surface area contributed by atoms with Crippen LogP contribution in [-0.2, 0) is 18.9 Å². The third-order valence-electron chi connectivity index (χ3n) is 6.38. The lowest BCUT2D eigenvalue weighted by molar-refractivity contribution is -0.0780. The van der Waals surface area contributed by atoms with Crippen molar-refractivity contribution in [2.24, 2.45) is 0 Å². The molecule has 0 N–H and O–H groups in total. The van der Waals surface area contributed by atoms with Gasteiger partial charge in [0.2, 0.25) is 0 Å². The zero-order chi connectivity index (χ0) is 23.9. The van der Waals surface area contributed by atoms with Crippen LogP contribution in [0.1, 0.15) is 27.7 Å². The van der Waals surface area contributed by atoms with Gasteiger partial charge in [0.25, 0.3) is 0 Å². The van der Waals surface area contributed by atoms with Crippen molar-refractivity contribution in [3.8, 4) is 0 Å². The highest BCUT2D eigenvalue weighted by Crippen LogP contribution is 2.52. The summed E-state index contributed by atoms with van der Waals surface area (Å²) in [6, 6.07) is 21.3. The van der Waals surface area contributed by atoms with Crippen LogP contribution < -0.4 is 10.4 Å². The monoisotopic (exact) mass is 510 g/mol. The Kier molecular flexibility index (Phi) is 10.1. The largest absolute Gasteiger partial charge is 0.375 e. The molecule has 2 aromatic carbocycles. The molecule has 0 saturated heterocycles. The molecule has 0 aromatic heterocycles. The van der Waals surface area contributed by atoms with Gasteiger partial charge in [0, 0.05) is 28.4 Å². The average Bonchev–Trinajstić information content (AvgIpc) is 2.81. The summed E-state index contributed by atoms with van der Waals surface area (Å²) in [5.41, 5.74) is -0.987. The van der Waals surface area contributed by atoms with Crippen LogP contribution in [-0.4, -0.2) is 67.8 Å². The Labute approximate surface area is 206 Å². The summed E-state index contributed by atoms with van der Waals surface area (Å²) >= 11 is 0. The summed E-state index contributed by atoms with van der Waals surface area (Å²) < 4.78 is 23.7. The number of hydrogen-bond acceptors (Lipinski definition) is 6. The molecule has 2 aromatic rings. The maximum absolute atomic E-state index is 6.33. The van der Waals surface area contributed by atoms with E-state index in [0.717, 1.165) is 0 Å². The van der Waals surface area contributed by atoms with E-state index in [1.54, 1.807) is 50.0 Å². The maximum Gasteiger partial charge on any atom is 0.136 e. The van der Waals surface area contributed by atoms with Crippen molar-refractivity contribution in [2.45, 2.75) is 48.0 Å². The minimum atomic E-state index is -0.903. The molecule has 0 aliphatic carbocycles. The molecule has 2 rings (SSSR count). The Hall–Kier alpha value is -0.586. The van der Waals surface area contributed by atoms with Gasteiger partial charge in [0.15, 0.2) is 0 Å². The lowest BCUT2D eigenvalue weighted by Gasteiger charge is -2.48. The van der Waals surface area contributed by atoms with Crippen molar-refractivity contribution < 1.29 is 18.9 Å². The zero-order valence-electron chi connectivity index (χ0n) is 20.6. The fourth-order valence-corrected chi connectivity index (χ4v) is 14.1. The summed E-state index contributed by atoms with van der Waals surface area (Å²) in [5.74, 6) is 0. The van der Waals surface area contributed by atoms with Crippen molar-refractivity contribution >= 4 is 51.0 Å². The van der Waals surface area contributed by atoms with E-state index in [9.17, 15) is 0 Å². The van der Waals surface area contributed by atoms with Gasteiger partial charge < -0.3 is 18.9 Å². The molecule has 4 nitrogen and oxygen atoms in total. The molecule has 178 valence electrons. The van der Waals surface area contributed by atoms with Crippen LogP contribution in [0, 0.1) is 0 Å². The van der Waals surface area contributed by atoms with Gasteiger partial charge in [0.05, 0.1) is 11.2 Å². The fourth-order valence-electron chi connectivity index (χ4n) is 3.56. The molecule has 0 heterocycles. The molecule has 32 heavy (non-hydrogen) atoms. The number of ether oxygens (including phenoxy) is 4. The molecular weight excluding hydrogens is 473 g/mol. The maximum atomic E-state index is 6.33. The Morgan fingerprint density at radius 3 is 1.09 bits per heavy atom. The van der Waals surface area contributed by atoms with Crippen molar-refractivity contribution in [3.63, 3.8) is 0 Å². The molecule has 0 saturated carbocycles. The minimum Gasteiger partial charge on any atom is -0.375 e. The second kappa shape index (κ2) is 11.7. The molecule has 2 atom stereocenters. The summed E-state index contributed by atoms with van der Waals surface area (Å²) in [7, 11) is 8.82. The van der Waals surface area contributed by atoms with E-state index in [0.29, 0.717) is 0 Å². The van der Waals surface area contributed by atoms with Crippen LogP contribution in [0.25, 0.3) is 0 Å². The summed E-state index contributed by atoms with van der Waals surface area (Å²) in [6.45, 7) is 8.46. The molecule has 0 aliphatic heterocycles. The Balaban J connectivity index is 2.46. The second-order valence-corrected chi connectivity index (χ2v) is 16.8. The first-order chi connectivity index (χ1) is 15.1. The first-order valence-electron chi connectivity index (χ1n) is 10.8.